The largest absolute Gasteiger partial charge is 0.477 e. The zero-order valence-electron chi connectivity index (χ0n) is 13.0. The summed E-state index contributed by atoms with van der Waals surface area (Å²) in [6.07, 6.45) is 2.34. The Hall–Kier alpha value is -2.34. The van der Waals surface area contributed by atoms with E-state index in [0.29, 0.717) is 5.39 Å². The molecule has 2 aliphatic rings. The lowest BCUT2D eigenvalue weighted by Crippen LogP contribution is -2.43. The number of pyridine rings is 1. The van der Waals surface area contributed by atoms with E-state index in [1.807, 2.05) is 10.6 Å². The fourth-order valence-corrected chi connectivity index (χ4v) is 3.81. The molecule has 1 aromatic heterocycles. The second kappa shape index (κ2) is 5.09. The molecule has 0 bridgehead atoms. The van der Waals surface area contributed by atoms with E-state index in [1.165, 1.54) is 17.4 Å². The molecule has 6 heteroatoms. The third-order valence-corrected chi connectivity index (χ3v) is 4.94. The molecular weight excluding hydrogens is 294 g/mol. The van der Waals surface area contributed by atoms with Gasteiger partial charge in [-0.1, -0.05) is 0 Å². The predicted octanol–water partition coefficient (Wildman–Crippen LogP) is 1.23. The number of carbonyl (C=O) groups is 1. The molecule has 1 aromatic carbocycles. The summed E-state index contributed by atoms with van der Waals surface area (Å²) in [7, 11) is 0. The van der Waals surface area contributed by atoms with Crippen molar-refractivity contribution < 1.29 is 9.90 Å². The second-order valence-corrected chi connectivity index (χ2v) is 6.33. The number of anilines is 1. The normalized spacial score (nSPS) is 20.2. The first-order chi connectivity index (χ1) is 11.1. The van der Waals surface area contributed by atoms with Gasteiger partial charge in [-0.15, -0.1) is 0 Å². The van der Waals surface area contributed by atoms with Crippen molar-refractivity contribution in [3.63, 3.8) is 0 Å². The van der Waals surface area contributed by atoms with Gasteiger partial charge in [0.15, 0.2) is 0 Å². The summed E-state index contributed by atoms with van der Waals surface area (Å²) in [5, 5.41) is 13.1. The van der Waals surface area contributed by atoms with E-state index in [2.05, 4.69) is 17.1 Å². The summed E-state index contributed by atoms with van der Waals surface area (Å²) in [6, 6.07) is 3.94. The van der Waals surface area contributed by atoms with Crippen LogP contribution in [0.5, 0.6) is 0 Å². The van der Waals surface area contributed by atoms with E-state index in [4.69, 9.17) is 0 Å². The Kier molecular flexibility index (Phi) is 3.16. The zero-order chi connectivity index (χ0) is 16.1. The maximum absolute atomic E-state index is 12.5. The lowest BCUT2D eigenvalue weighted by Gasteiger charge is -2.31. The summed E-state index contributed by atoms with van der Waals surface area (Å²) in [6.45, 7) is 5.88. The lowest BCUT2D eigenvalue weighted by atomic mass is 10.0. The monoisotopic (exact) mass is 313 g/mol. The highest BCUT2D eigenvalue weighted by atomic mass is 16.4. The number of aromatic carboxylic acids is 1. The first-order valence-corrected chi connectivity index (χ1v) is 7.97. The van der Waals surface area contributed by atoms with Crippen LogP contribution in [0, 0.1) is 0 Å². The van der Waals surface area contributed by atoms with Crippen molar-refractivity contribution in [1.29, 1.82) is 0 Å². The smallest absolute Gasteiger partial charge is 0.341 e. The third kappa shape index (κ3) is 2.05. The number of hydrogen-bond acceptors (Lipinski definition) is 4. The van der Waals surface area contributed by atoms with E-state index in [9.17, 15) is 14.7 Å². The predicted molar refractivity (Wildman–Crippen MR) is 88.7 cm³/mol. The highest BCUT2D eigenvalue weighted by Gasteiger charge is 2.28. The molecular formula is C17H19N3O3. The Labute approximate surface area is 133 Å². The maximum atomic E-state index is 12.5. The Balaban J connectivity index is 1.98. The molecule has 120 valence electrons. The third-order valence-electron chi connectivity index (χ3n) is 4.94. The van der Waals surface area contributed by atoms with Crippen LogP contribution in [0.15, 0.2) is 23.1 Å². The van der Waals surface area contributed by atoms with Crippen LogP contribution >= 0.6 is 0 Å². The second-order valence-electron chi connectivity index (χ2n) is 6.33. The summed E-state index contributed by atoms with van der Waals surface area (Å²) >= 11 is 0. The average Bonchev–Trinajstić information content (AvgIpc) is 2.88. The van der Waals surface area contributed by atoms with Gasteiger partial charge in [0.05, 0.1) is 5.52 Å². The van der Waals surface area contributed by atoms with Crippen molar-refractivity contribution in [2.24, 2.45) is 0 Å². The van der Waals surface area contributed by atoms with Crippen LogP contribution in [0.4, 0.5) is 5.69 Å². The van der Waals surface area contributed by atoms with E-state index >= 15 is 0 Å². The molecule has 1 unspecified atom stereocenters. The number of piperazine rings is 1. The summed E-state index contributed by atoms with van der Waals surface area (Å²) < 4.78 is 1.96. The van der Waals surface area contributed by atoms with Gasteiger partial charge in [0.2, 0.25) is 5.43 Å². The van der Waals surface area contributed by atoms with Crippen LogP contribution in [0.1, 0.15) is 28.9 Å². The Morgan fingerprint density at radius 2 is 2.04 bits per heavy atom. The van der Waals surface area contributed by atoms with Gasteiger partial charge in [-0.25, -0.2) is 4.79 Å². The van der Waals surface area contributed by atoms with Crippen molar-refractivity contribution in [3.8, 4) is 0 Å². The molecule has 0 radical (unpaired) electrons. The molecule has 23 heavy (non-hydrogen) atoms. The van der Waals surface area contributed by atoms with Crippen LogP contribution in [0.25, 0.3) is 10.9 Å². The first-order valence-electron chi connectivity index (χ1n) is 7.97. The number of nitrogens with zero attached hydrogens (tertiary/aromatic N) is 2. The molecule has 2 aliphatic heterocycles. The van der Waals surface area contributed by atoms with Gasteiger partial charge in [0, 0.05) is 55.1 Å². The standard InChI is InChI=1S/C17H19N3O3/c1-10-8-12-14(19-6-4-18-5-7-19)3-2-11-15(12)20(10)9-13(16(11)21)17(22)23/h2-3,9-10,18H,4-8H2,1H3,(H,22,23). The number of aromatic nitrogens is 1. The van der Waals surface area contributed by atoms with Gasteiger partial charge < -0.3 is 19.9 Å². The summed E-state index contributed by atoms with van der Waals surface area (Å²) in [5.41, 5.74) is 2.73. The molecule has 1 saturated heterocycles. The number of hydrogen-bond donors (Lipinski definition) is 2. The van der Waals surface area contributed by atoms with Gasteiger partial charge in [0.1, 0.15) is 5.56 Å². The molecule has 6 nitrogen and oxygen atoms in total. The lowest BCUT2D eigenvalue weighted by molar-refractivity contribution is 0.0695. The Bertz CT molecular complexity index is 865. The quantitative estimate of drug-likeness (QED) is 0.872. The highest BCUT2D eigenvalue weighted by Crippen LogP contribution is 2.37. The molecule has 3 heterocycles. The van der Waals surface area contributed by atoms with E-state index < -0.39 is 5.97 Å². The number of carboxylic acids is 1. The van der Waals surface area contributed by atoms with Crippen LogP contribution in [-0.2, 0) is 6.42 Å². The molecule has 2 aromatic rings. The number of benzene rings is 1. The van der Waals surface area contributed by atoms with Crippen molar-refractivity contribution >= 4 is 22.6 Å². The van der Waals surface area contributed by atoms with Crippen molar-refractivity contribution in [2.75, 3.05) is 31.1 Å². The topological polar surface area (TPSA) is 74.6 Å². The van der Waals surface area contributed by atoms with Crippen LogP contribution in [0.2, 0.25) is 0 Å². The minimum Gasteiger partial charge on any atom is -0.477 e. The Morgan fingerprint density at radius 1 is 1.30 bits per heavy atom. The highest BCUT2D eigenvalue weighted by molar-refractivity contribution is 5.95. The minimum atomic E-state index is -1.16. The summed E-state index contributed by atoms with van der Waals surface area (Å²) in [5.74, 6) is -1.16. The Morgan fingerprint density at radius 3 is 2.74 bits per heavy atom. The van der Waals surface area contributed by atoms with Gasteiger partial charge in [-0.3, -0.25) is 4.79 Å². The molecule has 1 fully saturated rings. The van der Waals surface area contributed by atoms with Crippen LogP contribution in [0.3, 0.4) is 0 Å². The number of nitrogens with one attached hydrogen (secondary N) is 1. The molecule has 2 N–H and O–H groups in total. The number of rotatable bonds is 2. The molecule has 0 amide bonds. The van der Waals surface area contributed by atoms with Gasteiger partial charge in [0.25, 0.3) is 0 Å². The van der Waals surface area contributed by atoms with Crippen molar-refractivity contribution in [2.45, 2.75) is 19.4 Å². The molecule has 0 saturated carbocycles. The van der Waals surface area contributed by atoms with Crippen LogP contribution in [-0.4, -0.2) is 41.8 Å². The van der Waals surface area contributed by atoms with E-state index in [1.54, 1.807) is 6.07 Å². The van der Waals surface area contributed by atoms with Crippen molar-refractivity contribution in [1.82, 2.24) is 9.88 Å². The van der Waals surface area contributed by atoms with E-state index in [0.717, 1.165) is 38.1 Å². The molecule has 1 atom stereocenters. The average molecular weight is 313 g/mol. The van der Waals surface area contributed by atoms with E-state index in [-0.39, 0.29) is 17.0 Å². The maximum Gasteiger partial charge on any atom is 0.341 e. The number of carboxylic acid groups (broad SMARTS) is 1. The zero-order valence-corrected chi connectivity index (χ0v) is 13.0. The molecule has 0 aliphatic carbocycles. The molecule has 0 spiro atoms. The van der Waals surface area contributed by atoms with Crippen molar-refractivity contribution in [3.05, 3.63) is 39.7 Å². The molecule has 4 rings (SSSR count). The van der Waals surface area contributed by atoms with Gasteiger partial charge in [-0.05, 0) is 25.5 Å². The SMILES string of the molecule is CC1Cc2c(N3CCNCC3)ccc3c(=O)c(C(=O)O)cn1c23. The first kappa shape index (κ1) is 14.3. The van der Waals surface area contributed by atoms with Gasteiger partial charge in [-0.2, -0.15) is 0 Å². The summed E-state index contributed by atoms with van der Waals surface area (Å²) in [4.78, 5) is 26.2. The fraction of sp³-hybridized carbons (Fsp3) is 0.412. The van der Waals surface area contributed by atoms with Gasteiger partial charge >= 0.3 is 5.97 Å². The van der Waals surface area contributed by atoms with Crippen LogP contribution < -0.4 is 15.6 Å². The minimum absolute atomic E-state index is 0.146. The fourth-order valence-electron chi connectivity index (χ4n) is 3.81.